The number of aliphatic hydroxyl groups excluding tert-OH is 1. The normalized spacial score (nSPS) is 31.7. The molecule has 0 aromatic carbocycles. The fourth-order valence-corrected chi connectivity index (χ4v) is 4.72. The number of carboxylic acid groups (broad SMARTS) is 2. The Labute approximate surface area is 265 Å². The standard InChI is InChI=1S/C26H34O21/c1-9(27)38-7-15-17(40-11(3)29)18(41-12(4)30)19(42-13(5)31)22(44-15)46-23-20(33)26(24(34)35,47-25(36)37)21(43-14(6)32)16(45-23)8-39-10(2)28/h15-23,33H,7-8H2,1-6H3,(H,34,35)(H,36,37)/t15-,16-,17-,18+,19-,20+,21-,22-,23-,26-/m1/s1. The van der Waals surface area contributed by atoms with Crippen LogP contribution >= 0.6 is 0 Å². The molecule has 47 heavy (non-hydrogen) atoms. The largest absolute Gasteiger partial charge is 0.507 e. The number of carboxylic acids is 1. The zero-order valence-electron chi connectivity index (χ0n) is 25.8. The van der Waals surface area contributed by atoms with Crippen molar-refractivity contribution in [2.24, 2.45) is 0 Å². The van der Waals surface area contributed by atoms with Crippen LogP contribution in [0.3, 0.4) is 0 Å². The molecule has 10 atom stereocenters. The average Bonchev–Trinajstić information content (AvgIpc) is 2.92. The lowest BCUT2D eigenvalue weighted by Gasteiger charge is -2.50. The SMILES string of the molecule is CC(=O)OC[C@H]1O[C@H](O[C@H]2O[C@H](COC(C)=O)[C@@H](OC(C)=O)[C@@](OC(=O)O)(C(=O)O)[C@H]2O)[C@H](OC(C)=O)[C@@H](OC(C)=O)[C@@H]1OC(C)=O. The molecule has 21 nitrogen and oxygen atoms in total. The van der Waals surface area contributed by atoms with Crippen LogP contribution in [0, 0.1) is 0 Å². The Balaban J connectivity index is 2.72. The highest BCUT2D eigenvalue weighted by Crippen LogP contribution is 2.39. The summed E-state index contributed by atoms with van der Waals surface area (Å²) in [6, 6.07) is 0. The molecule has 21 heteroatoms. The number of ether oxygens (including phenoxy) is 10. The lowest BCUT2D eigenvalue weighted by molar-refractivity contribution is -0.386. The van der Waals surface area contributed by atoms with E-state index in [4.69, 9.17) is 42.6 Å². The van der Waals surface area contributed by atoms with Crippen molar-refractivity contribution in [3.8, 4) is 0 Å². The lowest BCUT2D eigenvalue weighted by atomic mass is 9.83. The van der Waals surface area contributed by atoms with Crippen LogP contribution in [-0.4, -0.2) is 137 Å². The molecule has 0 unspecified atom stereocenters. The molecule has 3 N–H and O–H groups in total. The maximum Gasteiger partial charge on any atom is 0.507 e. The summed E-state index contributed by atoms with van der Waals surface area (Å²) in [4.78, 5) is 95.7. The van der Waals surface area contributed by atoms with Crippen molar-refractivity contribution in [1.82, 2.24) is 0 Å². The molecular formula is C26H34O21. The summed E-state index contributed by atoms with van der Waals surface area (Å²) in [7, 11) is 0. The highest BCUT2D eigenvalue weighted by Gasteiger charge is 2.68. The Hall–Kier alpha value is -4.60. The van der Waals surface area contributed by atoms with Gasteiger partial charge in [-0.3, -0.25) is 28.8 Å². The predicted molar refractivity (Wildman–Crippen MR) is 139 cm³/mol. The number of hydrogen-bond donors (Lipinski definition) is 3. The second-order valence-corrected chi connectivity index (χ2v) is 9.99. The summed E-state index contributed by atoms with van der Waals surface area (Å²) < 4.78 is 52.2. The Kier molecular flexibility index (Phi) is 13.4. The molecule has 264 valence electrons. The van der Waals surface area contributed by atoms with E-state index < -0.39 is 122 Å². The zero-order chi connectivity index (χ0) is 35.8. The van der Waals surface area contributed by atoms with E-state index in [2.05, 4.69) is 4.74 Å². The molecule has 0 saturated carbocycles. The molecular weight excluding hydrogens is 648 g/mol. The van der Waals surface area contributed by atoms with Crippen LogP contribution in [0.4, 0.5) is 4.79 Å². The van der Waals surface area contributed by atoms with E-state index in [0.717, 1.165) is 41.5 Å². The number of rotatable bonds is 12. The van der Waals surface area contributed by atoms with Gasteiger partial charge in [-0.05, 0) is 0 Å². The Morgan fingerprint density at radius 3 is 1.49 bits per heavy atom. The van der Waals surface area contributed by atoms with Crippen molar-refractivity contribution >= 4 is 47.9 Å². The van der Waals surface area contributed by atoms with E-state index >= 15 is 0 Å². The van der Waals surface area contributed by atoms with Gasteiger partial charge >= 0.3 is 47.9 Å². The van der Waals surface area contributed by atoms with Crippen LogP contribution in [-0.2, 0) is 80.9 Å². The van der Waals surface area contributed by atoms with Gasteiger partial charge in [-0.15, -0.1) is 0 Å². The first-order valence-corrected chi connectivity index (χ1v) is 13.5. The number of carbonyl (C=O) groups excluding carboxylic acids is 6. The summed E-state index contributed by atoms with van der Waals surface area (Å²) in [5, 5.41) is 30.9. The monoisotopic (exact) mass is 682 g/mol. The van der Waals surface area contributed by atoms with Gasteiger partial charge in [0, 0.05) is 41.5 Å². The number of aliphatic hydroxyl groups is 1. The minimum Gasteiger partial charge on any atom is -0.478 e. The zero-order valence-corrected chi connectivity index (χ0v) is 25.8. The Morgan fingerprint density at radius 2 is 1.04 bits per heavy atom. The van der Waals surface area contributed by atoms with Crippen LogP contribution < -0.4 is 0 Å². The molecule has 2 rings (SSSR count). The molecule has 0 aliphatic carbocycles. The van der Waals surface area contributed by atoms with E-state index in [1.807, 2.05) is 0 Å². The van der Waals surface area contributed by atoms with Crippen LogP contribution in [0.5, 0.6) is 0 Å². The van der Waals surface area contributed by atoms with E-state index in [0.29, 0.717) is 0 Å². The summed E-state index contributed by atoms with van der Waals surface area (Å²) >= 11 is 0. The van der Waals surface area contributed by atoms with Gasteiger partial charge in [0.2, 0.25) is 6.29 Å². The predicted octanol–water partition coefficient (Wildman–Crippen LogP) is -1.82. The second kappa shape index (κ2) is 16.3. The second-order valence-electron chi connectivity index (χ2n) is 9.99. The first-order chi connectivity index (χ1) is 21.8. The van der Waals surface area contributed by atoms with Gasteiger partial charge in [0.15, 0.2) is 36.8 Å². The summed E-state index contributed by atoms with van der Waals surface area (Å²) in [6.45, 7) is 3.98. The first kappa shape index (κ1) is 38.6. The average molecular weight is 683 g/mol. The topological polar surface area (TPSA) is 290 Å². The molecule has 0 radical (unpaired) electrons. The summed E-state index contributed by atoms with van der Waals surface area (Å²) in [5.74, 6) is -8.20. The summed E-state index contributed by atoms with van der Waals surface area (Å²) in [5.41, 5.74) is -3.43. The minimum atomic E-state index is -3.43. The molecule has 0 spiro atoms. The quantitative estimate of drug-likeness (QED) is 0.151. The van der Waals surface area contributed by atoms with Crippen molar-refractivity contribution in [3.05, 3.63) is 0 Å². The van der Waals surface area contributed by atoms with Crippen LogP contribution in [0.15, 0.2) is 0 Å². The smallest absolute Gasteiger partial charge is 0.478 e. The number of carbonyl (C=O) groups is 8. The third kappa shape index (κ3) is 9.94. The van der Waals surface area contributed by atoms with E-state index in [1.54, 1.807) is 0 Å². The maximum atomic E-state index is 12.7. The van der Waals surface area contributed by atoms with Gasteiger partial charge in [0.1, 0.15) is 25.4 Å². The molecule has 2 aliphatic heterocycles. The Bertz CT molecular complexity index is 1220. The van der Waals surface area contributed by atoms with Gasteiger partial charge in [-0.2, -0.15) is 0 Å². The van der Waals surface area contributed by atoms with E-state index in [-0.39, 0.29) is 0 Å². The lowest BCUT2D eigenvalue weighted by Crippen LogP contribution is -2.74. The molecule has 2 heterocycles. The third-order valence-electron chi connectivity index (χ3n) is 6.32. The van der Waals surface area contributed by atoms with Crippen LogP contribution in [0.25, 0.3) is 0 Å². The molecule has 0 aromatic rings. The third-order valence-corrected chi connectivity index (χ3v) is 6.32. The van der Waals surface area contributed by atoms with Crippen LogP contribution in [0.2, 0.25) is 0 Å². The van der Waals surface area contributed by atoms with Crippen LogP contribution in [0.1, 0.15) is 41.5 Å². The first-order valence-electron chi connectivity index (χ1n) is 13.5. The fraction of sp³-hybridized carbons (Fsp3) is 0.692. The fourth-order valence-electron chi connectivity index (χ4n) is 4.72. The van der Waals surface area contributed by atoms with Gasteiger partial charge in [-0.1, -0.05) is 0 Å². The maximum absolute atomic E-state index is 12.7. The van der Waals surface area contributed by atoms with Crippen molar-refractivity contribution < 1.29 is 101 Å². The minimum absolute atomic E-state index is 0.698. The number of esters is 6. The van der Waals surface area contributed by atoms with E-state index in [9.17, 15) is 53.7 Å². The molecule has 2 fully saturated rings. The number of hydrogen-bond acceptors (Lipinski definition) is 19. The molecule has 2 aliphatic rings. The highest BCUT2D eigenvalue weighted by atomic mass is 16.8. The molecule has 0 amide bonds. The Morgan fingerprint density at radius 1 is 0.596 bits per heavy atom. The highest BCUT2D eigenvalue weighted by molar-refractivity contribution is 5.83. The van der Waals surface area contributed by atoms with Gasteiger partial charge in [0.05, 0.1) is 0 Å². The number of aliphatic carboxylic acids is 1. The van der Waals surface area contributed by atoms with Gasteiger partial charge in [-0.25, -0.2) is 9.59 Å². The molecule has 0 bridgehead atoms. The van der Waals surface area contributed by atoms with Gasteiger partial charge < -0.3 is 62.7 Å². The molecule has 2 saturated heterocycles. The molecule has 0 aromatic heterocycles. The van der Waals surface area contributed by atoms with Crippen molar-refractivity contribution in [2.75, 3.05) is 13.2 Å². The van der Waals surface area contributed by atoms with Gasteiger partial charge in [0.25, 0.3) is 5.60 Å². The summed E-state index contributed by atoms with van der Waals surface area (Å²) in [6.07, 6.45) is -20.6. The van der Waals surface area contributed by atoms with Crippen molar-refractivity contribution in [3.63, 3.8) is 0 Å². The van der Waals surface area contributed by atoms with Crippen molar-refractivity contribution in [2.45, 2.75) is 102 Å². The van der Waals surface area contributed by atoms with Crippen molar-refractivity contribution in [1.29, 1.82) is 0 Å². The van der Waals surface area contributed by atoms with E-state index in [1.165, 1.54) is 0 Å².